The van der Waals surface area contributed by atoms with Crippen molar-refractivity contribution in [1.82, 2.24) is 5.32 Å². The number of carboxylic acid groups (broad SMARTS) is 1. The third kappa shape index (κ3) is 4.45. The molecule has 2 rings (SSSR count). The average molecular weight is 331 g/mol. The Bertz CT molecular complexity index is 728. The lowest BCUT2D eigenvalue weighted by Crippen LogP contribution is -2.41. The molecule has 0 spiro atoms. The first kappa shape index (κ1) is 17.7. The summed E-state index contributed by atoms with van der Waals surface area (Å²) < 4.78 is 10.7. The van der Waals surface area contributed by atoms with E-state index < -0.39 is 12.0 Å². The summed E-state index contributed by atoms with van der Waals surface area (Å²) in [5, 5.41) is 13.7. The van der Waals surface area contributed by atoms with Gasteiger partial charge in [-0.15, -0.1) is 0 Å². The van der Waals surface area contributed by atoms with Gasteiger partial charge in [-0.25, -0.2) is 4.79 Å². The Morgan fingerprint density at radius 2 is 1.92 bits per heavy atom. The summed E-state index contributed by atoms with van der Waals surface area (Å²) in [6, 6.07) is 10.4. The van der Waals surface area contributed by atoms with Gasteiger partial charge in [0.15, 0.2) is 0 Å². The maximum absolute atomic E-state index is 11.5. The number of carboxylic acids is 1. The molecule has 0 radical (unpaired) electrons. The van der Waals surface area contributed by atoms with Crippen molar-refractivity contribution in [2.75, 3.05) is 20.3 Å². The summed E-state index contributed by atoms with van der Waals surface area (Å²) in [5.41, 5.74) is 0.755. The molecule has 0 heterocycles. The number of benzene rings is 2. The fourth-order valence-electron chi connectivity index (χ4n) is 2.55. The predicted molar refractivity (Wildman–Crippen MR) is 90.3 cm³/mol. The molecule has 2 aromatic carbocycles. The SMILES string of the molecule is COCCOc1ccc2ccccc2c1CC(NC(C)=O)C(=O)O. The van der Waals surface area contributed by atoms with Gasteiger partial charge in [-0.3, -0.25) is 4.79 Å². The number of nitrogens with one attached hydrogen (secondary N) is 1. The molecule has 2 N–H and O–H groups in total. The largest absolute Gasteiger partial charge is 0.491 e. The lowest BCUT2D eigenvalue weighted by Gasteiger charge is -2.18. The fraction of sp³-hybridized carbons (Fsp3) is 0.333. The summed E-state index contributed by atoms with van der Waals surface area (Å²) in [6.07, 6.45) is 0.137. The Morgan fingerprint density at radius 1 is 1.17 bits per heavy atom. The first-order chi connectivity index (χ1) is 11.5. The molecule has 1 unspecified atom stereocenters. The van der Waals surface area contributed by atoms with Crippen molar-refractivity contribution in [1.29, 1.82) is 0 Å². The van der Waals surface area contributed by atoms with Crippen LogP contribution in [0.1, 0.15) is 12.5 Å². The first-order valence-electron chi connectivity index (χ1n) is 7.65. The highest BCUT2D eigenvalue weighted by atomic mass is 16.5. The van der Waals surface area contributed by atoms with Crippen LogP contribution in [0.15, 0.2) is 36.4 Å². The summed E-state index contributed by atoms with van der Waals surface area (Å²) in [4.78, 5) is 22.8. The lowest BCUT2D eigenvalue weighted by molar-refractivity contribution is -0.141. The topological polar surface area (TPSA) is 84.9 Å². The smallest absolute Gasteiger partial charge is 0.326 e. The van der Waals surface area contributed by atoms with E-state index in [0.717, 1.165) is 16.3 Å². The van der Waals surface area contributed by atoms with E-state index in [1.165, 1.54) is 6.92 Å². The van der Waals surface area contributed by atoms with Gasteiger partial charge in [-0.2, -0.15) is 0 Å². The van der Waals surface area contributed by atoms with Gasteiger partial charge in [0.2, 0.25) is 5.91 Å². The molecule has 0 aliphatic rings. The summed E-state index contributed by atoms with van der Waals surface area (Å²) >= 11 is 0. The predicted octanol–water partition coefficient (Wildman–Crippen LogP) is 2.00. The van der Waals surface area contributed by atoms with Crippen LogP contribution in [0, 0.1) is 0 Å². The molecule has 0 fully saturated rings. The van der Waals surface area contributed by atoms with Gasteiger partial charge in [0.25, 0.3) is 0 Å². The third-order valence-corrected chi connectivity index (χ3v) is 3.63. The van der Waals surface area contributed by atoms with Crippen LogP contribution in [-0.4, -0.2) is 43.3 Å². The van der Waals surface area contributed by atoms with Crippen molar-refractivity contribution in [3.05, 3.63) is 42.0 Å². The number of fused-ring (bicyclic) bond motifs is 1. The summed E-state index contributed by atoms with van der Waals surface area (Å²) in [7, 11) is 1.59. The molecule has 0 saturated heterocycles. The number of methoxy groups -OCH3 is 1. The van der Waals surface area contributed by atoms with Gasteiger partial charge in [0.1, 0.15) is 18.4 Å². The zero-order valence-electron chi connectivity index (χ0n) is 13.7. The van der Waals surface area contributed by atoms with E-state index in [2.05, 4.69) is 5.32 Å². The molecular weight excluding hydrogens is 310 g/mol. The number of ether oxygens (including phenoxy) is 2. The van der Waals surface area contributed by atoms with Crippen LogP contribution in [0.2, 0.25) is 0 Å². The molecule has 24 heavy (non-hydrogen) atoms. The zero-order valence-corrected chi connectivity index (χ0v) is 13.7. The van der Waals surface area contributed by atoms with Crippen LogP contribution in [0.4, 0.5) is 0 Å². The van der Waals surface area contributed by atoms with E-state index in [-0.39, 0.29) is 12.3 Å². The minimum absolute atomic E-state index is 0.137. The van der Waals surface area contributed by atoms with E-state index in [4.69, 9.17) is 9.47 Å². The van der Waals surface area contributed by atoms with Gasteiger partial charge < -0.3 is 19.9 Å². The van der Waals surface area contributed by atoms with Crippen LogP contribution < -0.4 is 10.1 Å². The lowest BCUT2D eigenvalue weighted by atomic mass is 9.97. The van der Waals surface area contributed by atoms with Crippen molar-refractivity contribution in [2.24, 2.45) is 0 Å². The van der Waals surface area contributed by atoms with E-state index in [9.17, 15) is 14.7 Å². The molecule has 0 saturated carbocycles. The second-order valence-corrected chi connectivity index (χ2v) is 5.40. The number of carbonyl (C=O) groups excluding carboxylic acids is 1. The maximum atomic E-state index is 11.5. The van der Waals surface area contributed by atoms with E-state index in [1.54, 1.807) is 7.11 Å². The number of hydrogen-bond acceptors (Lipinski definition) is 4. The van der Waals surface area contributed by atoms with Crippen molar-refractivity contribution >= 4 is 22.6 Å². The third-order valence-electron chi connectivity index (χ3n) is 3.63. The second kappa shape index (κ2) is 8.31. The zero-order chi connectivity index (χ0) is 17.5. The molecule has 1 atom stereocenters. The van der Waals surface area contributed by atoms with E-state index >= 15 is 0 Å². The molecule has 0 aliphatic carbocycles. The Hall–Kier alpha value is -2.60. The number of amides is 1. The monoisotopic (exact) mass is 331 g/mol. The maximum Gasteiger partial charge on any atom is 0.326 e. The molecule has 1 amide bonds. The molecule has 6 nitrogen and oxygen atoms in total. The van der Waals surface area contributed by atoms with E-state index in [1.807, 2.05) is 36.4 Å². The Kier molecular flexibility index (Phi) is 6.14. The van der Waals surface area contributed by atoms with Crippen LogP contribution in [0.3, 0.4) is 0 Å². The van der Waals surface area contributed by atoms with Crippen molar-refractivity contribution in [3.63, 3.8) is 0 Å². The highest BCUT2D eigenvalue weighted by Crippen LogP contribution is 2.29. The number of aliphatic carboxylic acids is 1. The molecule has 0 bridgehead atoms. The standard InChI is InChI=1S/C18H21NO5/c1-12(20)19-16(18(21)22)11-15-14-6-4-3-5-13(14)7-8-17(15)24-10-9-23-2/h3-8,16H,9-11H2,1-2H3,(H,19,20)(H,21,22). The fourth-order valence-corrected chi connectivity index (χ4v) is 2.55. The van der Waals surface area contributed by atoms with Crippen LogP contribution in [0.25, 0.3) is 10.8 Å². The second-order valence-electron chi connectivity index (χ2n) is 5.40. The van der Waals surface area contributed by atoms with Gasteiger partial charge in [0.05, 0.1) is 6.61 Å². The number of carbonyl (C=O) groups is 2. The molecule has 6 heteroatoms. The minimum atomic E-state index is -1.08. The van der Waals surface area contributed by atoms with Crippen molar-refractivity contribution < 1.29 is 24.2 Å². The van der Waals surface area contributed by atoms with Gasteiger partial charge >= 0.3 is 5.97 Å². The Labute approximate surface area is 140 Å². The average Bonchev–Trinajstić information content (AvgIpc) is 2.55. The highest BCUT2D eigenvalue weighted by Gasteiger charge is 2.22. The molecule has 2 aromatic rings. The molecular formula is C18H21NO5. The van der Waals surface area contributed by atoms with E-state index in [0.29, 0.717) is 19.0 Å². The highest BCUT2D eigenvalue weighted by molar-refractivity contribution is 5.89. The normalized spacial score (nSPS) is 11.9. The minimum Gasteiger partial charge on any atom is -0.491 e. The van der Waals surface area contributed by atoms with Gasteiger partial charge in [-0.1, -0.05) is 30.3 Å². The van der Waals surface area contributed by atoms with Crippen LogP contribution in [-0.2, 0) is 20.7 Å². The number of rotatable bonds is 8. The van der Waals surface area contributed by atoms with Gasteiger partial charge in [0, 0.05) is 26.0 Å². The number of hydrogen-bond donors (Lipinski definition) is 2. The van der Waals surface area contributed by atoms with Crippen LogP contribution >= 0.6 is 0 Å². The Balaban J connectivity index is 2.40. The molecule has 0 aromatic heterocycles. The summed E-state index contributed by atoms with van der Waals surface area (Å²) in [5.74, 6) is -0.868. The molecule has 0 aliphatic heterocycles. The first-order valence-corrected chi connectivity index (χ1v) is 7.65. The van der Waals surface area contributed by atoms with Crippen molar-refractivity contribution in [2.45, 2.75) is 19.4 Å². The van der Waals surface area contributed by atoms with Crippen molar-refractivity contribution in [3.8, 4) is 5.75 Å². The Morgan fingerprint density at radius 3 is 2.58 bits per heavy atom. The summed E-state index contributed by atoms with van der Waals surface area (Å²) in [6.45, 7) is 2.09. The quantitative estimate of drug-likeness (QED) is 0.723. The van der Waals surface area contributed by atoms with Crippen LogP contribution in [0.5, 0.6) is 5.75 Å². The molecule has 128 valence electrons. The van der Waals surface area contributed by atoms with Gasteiger partial charge in [-0.05, 0) is 16.8 Å².